The molecule has 190 valence electrons. The van der Waals surface area contributed by atoms with Gasteiger partial charge in [-0.1, -0.05) is 120 Å². The van der Waals surface area contributed by atoms with Gasteiger partial charge in [-0.15, -0.1) is 11.3 Å². The average Bonchev–Trinajstić information content (AvgIpc) is 3.48. The molecule has 5 aromatic rings. The van der Waals surface area contributed by atoms with Crippen molar-refractivity contribution in [3.05, 3.63) is 177 Å². The molecule has 1 heteroatoms. The predicted molar refractivity (Wildman–Crippen MR) is 174 cm³/mol. The minimum atomic E-state index is 0.753. The van der Waals surface area contributed by atoms with Gasteiger partial charge in [0.05, 0.1) is 11.1 Å². The summed E-state index contributed by atoms with van der Waals surface area (Å²) in [5.74, 6) is 26.0. The monoisotopic (exact) mass is 536 g/mol. The second-order valence-electron chi connectivity index (χ2n) is 8.82. The first kappa shape index (κ1) is 26.9. The molecule has 0 aliphatic heterocycles. The summed E-state index contributed by atoms with van der Waals surface area (Å²) in [5.41, 5.74) is 5.31. The van der Waals surface area contributed by atoms with Crippen LogP contribution in [-0.4, -0.2) is 0 Å². The van der Waals surface area contributed by atoms with Crippen LogP contribution in [0.5, 0.6) is 0 Å². The van der Waals surface area contributed by atoms with Gasteiger partial charge in [0.15, 0.2) is 0 Å². The number of hydrogen-bond acceptors (Lipinski definition) is 1. The van der Waals surface area contributed by atoms with Crippen LogP contribution in [0.15, 0.2) is 145 Å². The summed E-state index contributed by atoms with van der Waals surface area (Å²) in [4.78, 5) is 2.12. The molecule has 0 nitrogen and oxygen atoms in total. The normalized spacial score (nSPS) is 9.17. The maximum absolute atomic E-state index is 3.27. The minimum absolute atomic E-state index is 0.753. The molecule has 0 bridgehead atoms. The third kappa shape index (κ3) is 8.93. The number of thiophene rings is 1. The molecule has 0 N–H and O–H groups in total. The van der Waals surface area contributed by atoms with Crippen molar-refractivity contribution in [1.29, 1.82) is 0 Å². The highest BCUT2D eigenvalue weighted by molar-refractivity contribution is 7.13. The maximum atomic E-state index is 3.27. The summed E-state index contributed by atoms with van der Waals surface area (Å²) in [6.07, 6.45) is 4.08. The van der Waals surface area contributed by atoms with Crippen molar-refractivity contribution in [3.63, 3.8) is 0 Å². The molecule has 0 fully saturated rings. The van der Waals surface area contributed by atoms with Crippen molar-refractivity contribution in [2.24, 2.45) is 0 Å². The van der Waals surface area contributed by atoms with Gasteiger partial charge in [-0.25, -0.2) is 0 Å². The lowest BCUT2D eigenvalue weighted by molar-refractivity contribution is 1.64. The molecular weight excluding hydrogens is 513 g/mol. The Hall–Kier alpha value is -5.70. The molecule has 0 unspecified atom stereocenters. The van der Waals surface area contributed by atoms with E-state index in [0.29, 0.717) is 0 Å². The van der Waals surface area contributed by atoms with Crippen LogP contribution >= 0.6 is 11.3 Å². The molecule has 0 spiro atoms. The molecule has 0 aliphatic carbocycles. The summed E-state index contributed by atoms with van der Waals surface area (Å²) in [5, 5.41) is 0. The van der Waals surface area contributed by atoms with Crippen LogP contribution < -0.4 is 0 Å². The van der Waals surface area contributed by atoms with E-state index in [9.17, 15) is 0 Å². The first-order valence-electron chi connectivity index (χ1n) is 13.1. The van der Waals surface area contributed by atoms with Crippen molar-refractivity contribution in [1.82, 2.24) is 0 Å². The summed E-state index contributed by atoms with van der Waals surface area (Å²) >= 11 is 1.65. The van der Waals surface area contributed by atoms with Crippen LogP contribution in [0.3, 0.4) is 0 Å². The fourth-order valence-electron chi connectivity index (χ4n) is 3.66. The van der Waals surface area contributed by atoms with E-state index < -0.39 is 0 Å². The van der Waals surface area contributed by atoms with Crippen LogP contribution in [0, 0.1) is 47.4 Å². The van der Waals surface area contributed by atoms with Crippen molar-refractivity contribution in [2.75, 3.05) is 0 Å². The highest BCUT2D eigenvalue weighted by Crippen LogP contribution is 2.22. The standard InChI is InChI=1S/C40H24S/c1-5-13-33(14-6-1)21-25-37(26-22-34-15-7-2-8-16-34)31-39-29-30-40(41-39)32-38(27-23-35-17-9-3-10-18-35)28-24-36-19-11-4-12-20-36/h1-20,29-32H. The van der Waals surface area contributed by atoms with Crippen molar-refractivity contribution in [2.45, 2.75) is 0 Å². The van der Waals surface area contributed by atoms with Gasteiger partial charge < -0.3 is 0 Å². The second kappa shape index (κ2) is 14.5. The van der Waals surface area contributed by atoms with Crippen LogP contribution in [0.2, 0.25) is 0 Å². The van der Waals surface area contributed by atoms with Crippen LogP contribution in [0.25, 0.3) is 12.2 Å². The molecular formula is C40H24S. The average molecular weight is 537 g/mol. The van der Waals surface area contributed by atoms with Crippen LogP contribution in [0.1, 0.15) is 32.0 Å². The van der Waals surface area contributed by atoms with Gasteiger partial charge in [-0.2, -0.15) is 0 Å². The van der Waals surface area contributed by atoms with Gasteiger partial charge in [0, 0.05) is 32.0 Å². The molecule has 0 saturated carbocycles. The van der Waals surface area contributed by atoms with Gasteiger partial charge in [-0.3, -0.25) is 0 Å². The second-order valence-corrected chi connectivity index (χ2v) is 9.97. The number of allylic oxidation sites excluding steroid dienone is 2. The van der Waals surface area contributed by atoms with E-state index in [4.69, 9.17) is 0 Å². The van der Waals surface area contributed by atoms with Gasteiger partial charge in [-0.05, 0) is 72.8 Å². The zero-order valence-corrected chi connectivity index (χ0v) is 23.1. The molecule has 5 rings (SSSR count). The van der Waals surface area contributed by atoms with E-state index in [1.54, 1.807) is 11.3 Å². The lowest BCUT2D eigenvalue weighted by Crippen LogP contribution is -1.78. The third-order valence-corrected chi connectivity index (χ3v) is 6.66. The fraction of sp³-hybridized carbons (Fsp3) is 0. The highest BCUT2D eigenvalue weighted by Gasteiger charge is 1.99. The molecule has 4 aromatic carbocycles. The Bertz CT molecular complexity index is 1650. The van der Waals surface area contributed by atoms with E-state index >= 15 is 0 Å². The first-order chi connectivity index (χ1) is 20.3. The molecule has 0 atom stereocenters. The van der Waals surface area contributed by atoms with E-state index in [1.165, 1.54) is 0 Å². The Labute approximate surface area is 246 Å². The Morgan fingerprint density at radius 1 is 0.366 bits per heavy atom. The van der Waals surface area contributed by atoms with Crippen LogP contribution in [0.4, 0.5) is 0 Å². The molecule has 0 amide bonds. The van der Waals surface area contributed by atoms with Crippen molar-refractivity contribution >= 4 is 23.5 Å². The number of hydrogen-bond donors (Lipinski definition) is 0. The number of benzene rings is 4. The van der Waals surface area contributed by atoms with Gasteiger partial charge >= 0.3 is 0 Å². The van der Waals surface area contributed by atoms with Crippen LogP contribution in [-0.2, 0) is 0 Å². The van der Waals surface area contributed by atoms with Crippen molar-refractivity contribution < 1.29 is 0 Å². The van der Waals surface area contributed by atoms with E-state index in [2.05, 4.69) is 59.5 Å². The zero-order valence-electron chi connectivity index (χ0n) is 22.3. The fourth-order valence-corrected chi connectivity index (χ4v) is 4.56. The Balaban J connectivity index is 1.47. The summed E-state index contributed by atoms with van der Waals surface area (Å²) in [7, 11) is 0. The topological polar surface area (TPSA) is 0 Å². The Morgan fingerprint density at radius 3 is 0.902 bits per heavy atom. The molecule has 1 heterocycles. The molecule has 0 aliphatic rings. The molecule has 0 saturated heterocycles. The maximum Gasteiger partial charge on any atom is 0.0765 e. The molecule has 1 aromatic heterocycles. The van der Waals surface area contributed by atoms with Crippen molar-refractivity contribution in [3.8, 4) is 47.4 Å². The van der Waals surface area contributed by atoms with Gasteiger partial charge in [0.2, 0.25) is 0 Å². The summed E-state index contributed by atoms with van der Waals surface area (Å²) in [6, 6.07) is 44.0. The Morgan fingerprint density at radius 2 is 0.634 bits per heavy atom. The smallest absolute Gasteiger partial charge is 0.0765 e. The molecule has 41 heavy (non-hydrogen) atoms. The minimum Gasteiger partial charge on any atom is -0.136 e. The Kier molecular flexibility index (Phi) is 9.48. The van der Waals surface area contributed by atoms with Gasteiger partial charge in [0.1, 0.15) is 0 Å². The zero-order chi connectivity index (χ0) is 28.0. The lowest BCUT2D eigenvalue weighted by Gasteiger charge is -1.92. The highest BCUT2D eigenvalue weighted by atomic mass is 32.1. The largest absolute Gasteiger partial charge is 0.136 e. The van der Waals surface area contributed by atoms with E-state index in [0.717, 1.165) is 43.2 Å². The lowest BCUT2D eigenvalue weighted by atomic mass is 10.1. The van der Waals surface area contributed by atoms with E-state index in [1.807, 2.05) is 133 Å². The quantitative estimate of drug-likeness (QED) is 0.198. The summed E-state index contributed by atoms with van der Waals surface area (Å²) in [6.45, 7) is 0. The SMILES string of the molecule is C(#Cc1ccccc1)C(C#Cc1ccccc1)=Cc1ccc(C=C(C#Cc2ccccc2)C#Cc2ccccc2)s1. The number of rotatable bonds is 2. The summed E-state index contributed by atoms with van der Waals surface area (Å²) < 4.78 is 0. The van der Waals surface area contributed by atoms with Gasteiger partial charge in [0.25, 0.3) is 0 Å². The molecule has 0 radical (unpaired) electrons. The van der Waals surface area contributed by atoms with E-state index in [-0.39, 0.29) is 0 Å². The third-order valence-electron chi connectivity index (χ3n) is 5.68. The predicted octanol–water partition coefficient (Wildman–Crippen LogP) is 8.72. The first-order valence-corrected chi connectivity index (χ1v) is 13.9.